The number of carbonyl (C=O) groups excluding carboxylic acids is 1. The predicted octanol–water partition coefficient (Wildman–Crippen LogP) is 1.62. The quantitative estimate of drug-likeness (QED) is 0.916. The molecule has 1 unspecified atom stereocenters. The summed E-state index contributed by atoms with van der Waals surface area (Å²) in [6.07, 6.45) is 1.66. The second kappa shape index (κ2) is 6.86. The van der Waals surface area contributed by atoms with Crippen molar-refractivity contribution in [1.29, 1.82) is 5.26 Å². The van der Waals surface area contributed by atoms with Crippen LogP contribution in [0.1, 0.15) is 11.5 Å². The summed E-state index contributed by atoms with van der Waals surface area (Å²) in [7, 11) is 0. The standard InChI is InChI=1S/C16H16N4O2S/c17-7-11-1-3-12(4-2-11)14-8-19-15(22-14)9-20-5-6-23-10-13(20)16(18)21/h1-4,8,13H,5-6,9-10H2,(H2,18,21). The zero-order chi connectivity index (χ0) is 16.2. The van der Waals surface area contributed by atoms with Crippen LogP contribution in [-0.2, 0) is 11.3 Å². The average molecular weight is 328 g/mol. The first-order valence-corrected chi connectivity index (χ1v) is 8.39. The Bertz CT molecular complexity index is 735. The Hall–Kier alpha value is -2.30. The van der Waals surface area contributed by atoms with E-state index in [0.717, 1.165) is 17.9 Å². The lowest BCUT2D eigenvalue weighted by atomic mass is 10.1. The topological polar surface area (TPSA) is 96.1 Å². The minimum absolute atomic E-state index is 0.279. The van der Waals surface area contributed by atoms with Crippen LogP contribution in [0.15, 0.2) is 34.9 Å². The lowest BCUT2D eigenvalue weighted by Crippen LogP contribution is -2.49. The third-order valence-electron chi connectivity index (χ3n) is 3.76. The van der Waals surface area contributed by atoms with Gasteiger partial charge in [0.1, 0.15) is 0 Å². The van der Waals surface area contributed by atoms with Crippen LogP contribution in [0.4, 0.5) is 0 Å². The molecule has 1 atom stereocenters. The van der Waals surface area contributed by atoms with Gasteiger partial charge in [-0.1, -0.05) is 0 Å². The molecule has 1 fully saturated rings. The minimum atomic E-state index is -0.309. The lowest BCUT2D eigenvalue weighted by molar-refractivity contribution is -0.122. The number of nitriles is 1. The van der Waals surface area contributed by atoms with Crippen molar-refractivity contribution in [2.24, 2.45) is 5.73 Å². The van der Waals surface area contributed by atoms with Crippen LogP contribution >= 0.6 is 11.8 Å². The SMILES string of the molecule is N#Cc1ccc(-c2cnc(CN3CCSCC3C(N)=O)o2)cc1. The monoisotopic (exact) mass is 328 g/mol. The molecule has 1 aliphatic rings. The molecule has 0 aliphatic carbocycles. The number of aromatic nitrogens is 1. The second-order valence-electron chi connectivity index (χ2n) is 5.27. The fourth-order valence-corrected chi connectivity index (χ4v) is 3.62. The van der Waals surface area contributed by atoms with Gasteiger partial charge < -0.3 is 10.2 Å². The highest BCUT2D eigenvalue weighted by Gasteiger charge is 2.28. The van der Waals surface area contributed by atoms with Crippen molar-refractivity contribution < 1.29 is 9.21 Å². The Morgan fingerprint density at radius 1 is 1.48 bits per heavy atom. The molecule has 2 heterocycles. The number of carbonyl (C=O) groups is 1. The van der Waals surface area contributed by atoms with Crippen molar-refractivity contribution in [2.75, 3.05) is 18.1 Å². The number of thioether (sulfide) groups is 1. The maximum absolute atomic E-state index is 11.5. The van der Waals surface area contributed by atoms with Crippen molar-refractivity contribution in [3.63, 3.8) is 0 Å². The van der Waals surface area contributed by atoms with E-state index in [2.05, 4.69) is 11.1 Å². The molecule has 1 aliphatic heterocycles. The van der Waals surface area contributed by atoms with E-state index in [1.54, 1.807) is 30.1 Å². The Balaban J connectivity index is 1.73. The van der Waals surface area contributed by atoms with Crippen LogP contribution in [0.3, 0.4) is 0 Å². The van der Waals surface area contributed by atoms with Crippen LogP contribution in [0.5, 0.6) is 0 Å². The summed E-state index contributed by atoms with van der Waals surface area (Å²) >= 11 is 1.73. The van der Waals surface area contributed by atoms with Gasteiger partial charge in [-0.3, -0.25) is 9.69 Å². The third-order valence-corrected chi connectivity index (χ3v) is 4.78. The Morgan fingerprint density at radius 3 is 2.96 bits per heavy atom. The Morgan fingerprint density at radius 2 is 2.26 bits per heavy atom. The van der Waals surface area contributed by atoms with Crippen LogP contribution < -0.4 is 5.73 Å². The number of primary amides is 1. The van der Waals surface area contributed by atoms with Gasteiger partial charge in [0.15, 0.2) is 5.76 Å². The van der Waals surface area contributed by atoms with Gasteiger partial charge in [0.05, 0.1) is 30.4 Å². The molecule has 2 aromatic rings. The van der Waals surface area contributed by atoms with E-state index in [4.69, 9.17) is 15.4 Å². The predicted molar refractivity (Wildman–Crippen MR) is 87.4 cm³/mol. The average Bonchev–Trinajstić information content (AvgIpc) is 3.04. The van der Waals surface area contributed by atoms with Gasteiger partial charge in [-0.25, -0.2) is 4.98 Å². The molecule has 2 N–H and O–H groups in total. The maximum atomic E-state index is 11.5. The molecule has 0 bridgehead atoms. The lowest BCUT2D eigenvalue weighted by Gasteiger charge is -2.32. The summed E-state index contributed by atoms with van der Waals surface area (Å²) in [5.74, 6) is 2.57. The molecule has 0 radical (unpaired) electrons. The van der Waals surface area contributed by atoms with Crippen LogP contribution in [0, 0.1) is 11.3 Å². The number of nitrogens with two attached hydrogens (primary N) is 1. The molecule has 23 heavy (non-hydrogen) atoms. The number of rotatable bonds is 4. The summed E-state index contributed by atoms with van der Waals surface area (Å²) in [6, 6.07) is 8.93. The molecule has 7 heteroatoms. The van der Waals surface area contributed by atoms with E-state index in [0.29, 0.717) is 29.5 Å². The van der Waals surface area contributed by atoms with Crippen molar-refractivity contribution in [1.82, 2.24) is 9.88 Å². The number of hydrogen-bond donors (Lipinski definition) is 1. The van der Waals surface area contributed by atoms with Gasteiger partial charge in [-0.15, -0.1) is 0 Å². The van der Waals surface area contributed by atoms with E-state index in [-0.39, 0.29) is 11.9 Å². The molecule has 1 aromatic heterocycles. The number of nitrogens with zero attached hydrogens (tertiary/aromatic N) is 3. The number of amides is 1. The van der Waals surface area contributed by atoms with Gasteiger partial charge in [0.25, 0.3) is 0 Å². The van der Waals surface area contributed by atoms with E-state index in [9.17, 15) is 4.79 Å². The zero-order valence-electron chi connectivity index (χ0n) is 12.4. The van der Waals surface area contributed by atoms with Crippen molar-refractivity contribution in [3.8, 4) is 17.4 Å². The first-order valence-electron chi connectivity index (χ1n) is 7.23. The maximum Gasteiger partial charge on any atom is 0.235 e. The molecule has 0 saturated carbocycles. The minimum Gasteiger partial charge on any atom is -0.439 e. The summed E-state index contributed by atoms with van der Waals surface area (Å²) in [6.45, 7) is 1.25. The fraction of sp³-hybridized carbons (Fsp3) is 0.312. The molecule has 118 valence electrons. The normalized spacial score (nSPS) is 18.5. The molecule has 1 saturated heterocycles. The largest absolute Gasteiger partial charge is 0.439 e. The van der Waals surface area contributed by atoms with E-state index >= 15 is 0 Å². The van der Waals surface area contributed by atoms with Crippen LogP contribution in [0.2, 0.25) is 0 Å². The van der Waals surface area contributed by atoms with Crippen molar-refractivity contribution in [2.45, 2.75) is 12.6 Å². The number of benzene rings is 1. The smallest absolute Gasteiger partial charge is 0.235 e. The van der Waals surface area contributed by atoms with Crippen molar-refractivity contribution in [3.05, 3.63) is 41.9 Å². The Labute approximate surface area is 138 Å². The van der Waals surface area contributed by atoms with Crippen LogP contribution in [0.25, 0.3) is 11.3 Å². The van der Waals surface area contributed by atoms with Gasteiger partial charge in [-0.05, 0) is 24.3 Å². The molecule has 0 spiro atoms. The highest BCUT2D eigenvalue weighted by Crippen LogP contribution is 2.23. The van der Waals surface area contributed by atoms with E-state index < -0.39 is 0 Å². The van der Waals surface area contributed by atoms with E-state index in [1.807, 2.05) is 17.0 Å². The molecular formula is C16H16N4O2S. The molecule has 6 nitrogen and oxygen atoms in total. The summed E-state index contributed by atoms with van der Waals surface area (Å²) < 4.78 is 5.78. The van der Waals surface area contributed by atoms with Gasteiger partial charge in [-0.2, -0.15) is 17.0 Å². The first kappa shape index (κ1) is 15.6. The third kappa shape index (κ3) is 3.55. The molecule has 1 amide bonds. The van der Waals surface area contributed by atoms with Gasteiger partial charge in [0.2, 0.25) is 11.8 Å². The van der Waals surface area contributed by atoms with Gasteiger partial charge in [0, 0.05) is 23.6 Å². The number of hydrogen-bond acceptors (Lipinski definition) is 6. The van der Waals surface area contributed by atoms with Crippen LogP contribution in [-0.4, -0.2) is 39.9 Å². The van der Waals surface area contributed by atoms with Crippen molar-refractivity contribution >= 4 is 17.7 Å². The summed E-state index contributed by atoms with van der Waals surface area (Å²) in [4.78, 5) is 17.8. The molecular weight excluding hydrogens is 312 g/mol. The second-order valence-corrected chi connectivity index (χ2v) is 6.42. The van der Waals surface area contributed by atoms with Gasteiger partial charge >= 0.3 is 0 Å². The first-order chi connectivity index (χ1) is 11.2. The zero-order valence-corrected chi connectivity index (χ0v) is 13.3. The summed E-state index contributed by atoms with van der Waals surface area (Å²) in [5, 5.41) is 8.82. The molecule has 1 aromatic carbocycles. The van der Waals surface area contributed by atoms with E-state index in [1.165, 1.54) is 0 Å². The molecule has 3 rings (SSSR count). The summed E-state index contributed by atoms with van der Waals surface area (Å²) in [5.41, 5.74) is 6.93. The highest BCUT2D eigenvalue weighted by molar-refractivity contribution is 7.99. The fourth-order valence-electron chi connectivity index (χ4n) is 2.49. The number of oxazole rings is 1. The Kier molecular flexibility index (Phi) is 4.65. The highest BCUT2D eigenvalue weighted by atomic mass is 32.2.